The lowest BCUT2D eigenvalue weighted by Gasteiger charge is -2.19. The molecule has 1 aromatic carbocycles. The van der Waals surface area contributed by atoms with Crippen LogP contribution < -0.4 is 15.7 Å². The summed E-state index contributed by atoms with van der Waals surface area (Å²) in [4.78, 5) is 35.7. The maximum Gasteiger partial charge on any atom is 0.339 e. The van der Waals surface area contributed by atoms with Crippen molar-refractivity contribution in [3.63, 3.8) is 0 Å². The van der Waals surface area contributed by atoms with Crippen molar-refractivity contribution in [1.29, 1.82) is 0 Å². The predicted octanol–water partition coefficient (Wildman–Crippen LogP) is 2.81. The molecule has 7 heteroatoms. The van der Waals surface area contributed by atoms with E-state index in [0.29, 0.717) is 24.2 Å². The highest BCUT2D eigenvalue weighted by Crippen LogP contribution is 2.29. The molecule has 0 radical (unpaired) electrons. The lowest BCUT2D eigenvalue weighted by Crippen LogP contribution is -2.46. The minimum Gasteiger partial charge on any atom is -0.481 e. The highest BCUT2D eigenvalue weighted by atomic mass is 16.5. The Morgan fingerprint density at radius 1 is 1.25 bits per heavy atom. The van der Waals surface area contributed by atoms with Crippen molar-refractivity contribution in [1.82, 2.24) is 5.32 Å². The number of carboxylic acids is 1. The van der Waals surface area contributed by atoms with Gasteiger partial charge in [-0.3, -0.25) is 4.79 Å². The molecule has 3 rings (SSSR count). The highest BCUT2D eigenvalue weighted by Gasteiger charge is 2.24. The first-order valence-electron chi connectivity index (χ1n) is 9.69. The van der Waals surface area contributed by atoms with E-state index >= 15 is 0 Å². The van der Waals surface area contributed by atoms with Crippen LogP contribution in [0.25, 0.3) is 11.0 Å². The van der Waals surface area contributed by atoms with Crippen molar-refractivity contribution >= 4 is 22.8 Å². The van der Waals surface area contributed by atoms with Gasteiger partial charge in [-0.25, -0.2) is 9.59 Å². The van der Waals surface area contributed by atoms with E-state index in [0.717, 1.165) is 42.2 Å². The molecule has 0 saturated carbocycles. The van der Waals surface area contributed by atoms with Gasteiger partial charge in [-0.15, -0.1) is 0 Å². The number of hydrogen-bond donors (Lipinski definition) is 2. The van der Waals surface area contributed by atoms with Gasteiger partial charge in [0, 0.05) is 17.0 Å². The average Bonchev–Trinajstić information content (AvgIpc) is 2.67. The SMILES string of the molecule is CCC[C@H](NC(=O)[C@@H](C)Oc1ccc2c3c(c(=O)oc2c1)CCCC3)C(=O)O. The van der Waals surface area contributed by atoms with E-state index in [-0.39, 0.29) is 5.63 Å². The second-order valence-electron chi connectivity index (χ2n) is 7.16. The Bertz CT molecular complexity index is 948. The number of aliphatic carboxylic acids is 1. The summed E-state index contributed by atoms with van der Waals surface area (Å²) in [5.74, 6) is -1.19. The standard InChI is InChI=1S/C21H25NO6/c1-3-6-17(20(24)25)22-19(23)12(2)27-13-9-10-15-14-7-4-5-8-16(14)21(26)28-18(15)11-13/h9-12,17H,3-8H2,1-2H3,(H,22,23)(H,24,25)/t12-,17+/m1/s1. The topological polar surface area (TPSA) is 106 Å². The molecule has 1 aliphatic carbocycles. The number of amides is 1. The van der Waals surface area contributed by atoms with Gasteiger partial charge in [0.25, 0.3) is 5.91 Å². The summed E-state index contributed by atoms with van der Waals surface area (Å²) in [6.07, 6.45) is 3.73. The molecule has 0 bridgehead atoms. The minimum atomic E-state index is -1.07. The fourth-order valence-electron chi connectivity index (χ4n) is 3.59. The van der Waals surface area contributed by atoms with E-state index in [9.17, 15) is 14.4 Å². The number of carbonyl (C=O) groups is 2. The lowest BCUT2D eigenvalue weighted by molar-refractivity contribution is -0.143. The van der Waals surface area contributed by atoms with Crippen LogP contribution in [0.15, 0.2) is 27.4 Å². The van der Waals surface area contributed by atoms with E-state index in [2.05, 4.69) is 5.32 Å². The largest absolute Gasteiger partial charge is 0.481 e. The molecule has 1 aromatic heterocycles. The molecule has 150 valence electrons. The zero-order valence-electron chi connectivity index (χ0n) is 16.1. The number of benzene rings is 1. The first-order chi connectivity index (χ1) is 13.4. The van der Waals surface area contributed by atoms with Gasteiger partial charge in [-0.1, -0.05) is 13.3 Å². The van der Waals surface area contributed by atoms with Crippen LogP contribution in [0.4, 0.5) is 0 Å². The van der Waals surface area contributed by atoms with Gasteiger partial charge in [-0.05, 0) is 56.7 Å². The van der Waals surface area contributed by atoms with Crippen LogP contribution in [0.1, 0.15) is 50.7 Å². The molecule has 2 N–H and O–H groups in total. The van der Waals surface area contributed by atoms with Crippen molar-refractivity contribution in [3.8, 4) is 5.75 Å². The summed E-state index contributed by atoms with van der Waals surface area (Å²) < 4.78 is 11.1. The van der Waals surface area contributed by atoms with Crippen molar-refractivity contribution < 1.29 is 23.8 Å². The van der Waals surface area contributed by atoms with Crippen LogP contribution in [-0.2, 0) is 22.4 Å². The van der Waals surface area contributed by atoms with Crippen LogP contribution in [0.3, 0.4) is 0 Å². The quantitative estimate of drug-likeness (QED) is 0.708. The van der Waals surface area contributed by atoms with Gasteiger partial charge in [0.15, 0.2) is 6.10 Å². The second-order valence-corrected chi connectivity index (χ2v) is 7.16. The van der Waals surface area contributed by atoms with Gasteiger partial charge in [0.1, 0.15) is 17.4 Å². The molecule has 28 heavy (non-hydrogen) atoms. The molecule has 0 saturated heterocycles. The number of fused-ring (bicyclic) bond motifs is 3. The zero-order chi connectivity index (χ0) is 20.3. The Kier molecular flexibility index (Phi) is 6.02. The fraction of sp³-hybridized carbons (Fsp3) is 0.476. The number of carbonyl (C=O) groups excluding carboxylic acids is 1. The summed E-state index contributed by atoms with van der Waals surface area (Å²) in [7, 11) is 0. The molecular weight excluding hydrogens is 362 g/mol. The molecule has 0 spiro atoms. The first kappa shape index (κ1) is 19.9. The van der Waals surface area contributed by atoms with E-state index in [4.69, 9.17) is 14.3 Å². The average molecular weight is 387 g/mol. The maximum absolute atomic E-state index is 12.3. The number of ether oxygens (including phenoxy) is 1. The van der Waals surface area contributed by atoms with Crippen LogP contribution in [-0.4, -0.2) is 29.1 Å². The van der Waals surface area contributed by atoms with Gasteiger partial charge < -0.3 is 19.6 Å². The third-order valence-electron chi connectivity index (χ3n) is 5.07. The van der Waals surface area contributed by atoms with Crippen LogP contribution in [0, 0.1) is 0 Å². The monoisotopic (exact) mass is 387 g/mol. The Morgan fingerprint density at radius 3 is 2.64 bits per heavy atom. The summed E-state index contributed by atoms with van der Waals surface area (Å²) in [6.45, 7) is 3.40. The van der Waals surface area contributed by atoms with Crippen LogP contribution in [0.2, 0.25) is 0 Å². The smallest absolute Gasteiger partial charge is 0.339 e. The van der Waals surface area contributed by atoms with Crippen molar-refractivity contribution in [2.24, 2.45) is 0 Å². The number of carboxylic acid groups (broad SMARTS) is 1. The second kappa shape index (κ2) is 8.46. The van der Waals surface area contributed by atoms with Gasteiger partial charge in [0.05, 0.1) is 0 Å². The Labute approximate surface area is 162 Å². The molecular formula is C21H25NO6. The highest BCUT2D eigenvalue weighted by molar-refractivity contribution is 5.86. The number of hydrogen-bond acceptors (Lipinski definition) is 5. The van der Waals surface area contributed by atoms with Gasteiger partial charge in [0.2, 0.25) is 0 Å². The summed E-state index contributed by atoms with van der Waals surface area (Å²) in [6, 6.07) is 4.25. The molecule has 7 nitrogen and oxygen atoms in total. The number of aryl methyl sites for hydroxylation is 1. The van der Waals surface area contributed by atoms with E-state index in [1.165, 1.54) is 0 Å². The van der Waals surface area contributed by atoms with Crippen molar-refractivity contribution in [2.75, 3.05) is 0 Å². The Hall–Kier alpha value is -2.83. The van der Waals surface area contributed by atoms with Crippen molar-refractivity contribution in [3.05, 3.63) is 39.7 Å². The minimum absolute atomic E-state index is 0.311. The first-order valence-corrected chi connectivity index (χ1v) is 9.69. The fourth-order valence-corrected chi connectivity index (χ4v) is 3.59. The molecule has 0 unspecified atom stereocenters. The van der Waals surface area contributed by atoms with Crippen molar-refractivity contribution in [2.45, 2.75) is 64.5 Å². The third-order valence-corrected chi connectivity index (χ3v) is 5.07. The molecule has 0 aliphatic heterocycles. The predicted molar refractivity (Wildman–Crippen MR) is 104 cm³/mol. The van der Waals surface area contributed by atoms with Crippen LogP contribution >= 0.6 is 0 Å². The molecule has 0 fully saturated rings. The Balaban J connectivity index is 1.78. The molecule has 1 aliphatic rings. The normalized spacial score (nSPS) is 15.5. The van der Waals surface area contributed by atoms with E-state index < -0.39 is 24.0 Å². The summed E-state index contributed by atoms with van der Waals surface area (Å²) in [5, 5.41) is 12.6. The lowest BCUT2D eigenvalue weighted by atomic mass is 9.91. The van der Waals surface area contributed by atoms with Gasteiger partial charge >= 0.3 is 11.6 Å². The van der Waals surface area contributed by atoms with Gasteiger partial charge in [-0.2, -0.15) is 0 Å². The molecule has 1 heterocycles. The van der Waals surface area contributed by atoms with E-state index in [1.807, 2.05) is 13.0 Å². The number of nitrogens with one attached hydrogen (secondary N) is 1. The summed E-state index contributed by atoms with van der Waals surface area (Å²) in [5.41, 5.74) is 1.92. The maximum atomic E-state index is 12.3. The number of rotatable bonds is 7. The zero-order valence-corrected chi connectivity index (χ0v) is 16.1. The molecule has 2 aromatic rings. The summed E-state index contributed by atoms with van der Waals surface area (Å²) >= 11 is 0. The van der Waals surface area contributed by atoms with E-state index in [1.54, 1.807) is 19.1 Å². The molecule has 1 amide bonds. The Morgan fingerprint density at radius 2 is 1.96 bits per heavy atom. The third kappa shape index (κ3) is 4.18. The van der Waals surface area contributed by atoms with Crippen LogP contribution in [0.5, 0.6) is 5.75 Å². The molecule has 2 atom stereocenters.